The van der Waals surface area contributed by atoms with E-state index in [-0.39, 0.29) is 5.75 Å². The summed E-state index contributed by atoms with van der Waals surface area (Å²) in [5, 5.41) is 19.4. The highest BCUT2D eigenvalue weighted by molar-refractivity contribution is 5.44. The van der Waals surface area contributed by atoms with Gasteiger partial charge in [-0.1, -0.05) is 0 Å². The number of aromatic hydroxyl groups is 1. The lowest BCUT2D eigenvalue weighted by molar-refractivity contribution is 0.406. The van der Waals surface area contributed by atoms with Crippen LogP contribution in [0.1, 0.15) is 5.56 Å². The number of phenols is 1. The molecule has 0 aliphatic rings. The molecule has 0 aliphatic heterocycles. The molecule has 3 N–H and O–H groups in total. The van der Waals surface area contributed by atoms with Crippen molar-refractivity contribution in [3.05, 3.63) is 36.2 Å². The van der Waals surface area contributed by atoms with Gasteiger partial charge in [0.05, 0.1) is 19.0 Å². The summed E-state index contributed by atoms with van der Waals surface area (Å²) in [6.45, 7) is 0.537. The number of aromatic amines is 1. The van der Waals surface area contributed by atoms with Crippen LogP contribution < -0.4 is 10.1 Å². The van der Waals surface area contributed by atoms with Gasteiger partial charge in [0.2, 0.25) is 0 Å². The fourth-order valence-corrected chi connectivity index (χ4v) is 1.36. The zero-order valence-corrected chi connectivity index (χ0v) is 8.90. The summed E-state index contributed by atoms with van der Waals surface area (Å²) in [7, 11) is 1.57. The van der Waals surface area contributed by atoms with Crippen molar-refractivity contribution >= 4 is 5.69 Å². The molecule has 0 saturated heterocycles. The number of hydrogen-bond donors (Lipinski definition) is 3. The molecule has 5 heteroatoms. The van der Waals surface area contributed by atoms with Crippen LogP contribution in [-0.2, 0) is 6.54 Å². The molecule has 0 radical (unpaired) electrons. The number of benzene rings is 1. The normalized spacial score (nSPS) is 10.1. The first kappa shape index (κ1) is 10.4. The Morgan fingerprint density at radius 2 is 2.38 bits per heavy atom. The zero-order valence-electron chi connectivity index (χ0n) is 8.90. The highest BCUT2D eigenvalue weighted by Gasteiger charge is 2.03. The summed E-state index contributed by atoms with van der Waals surface area (Å²) in [5.74, 6) is 0.861. The maximum absolute atomic E-state index is 9.71. The first-order valence-electron chi connectivity index (χ1n) is 4.88. The maximum atomic E-state index is 9.71. The lowest BCUT2D eigenvalue weighted by Gasteiger charge is -2.07. The summed E-state index contributed by atoms with van der Waals surface area (Å²) in [6, 6.07) is 5.22. The number of hydrogen-bond acceptors (Lipinski definition) is 4. The number of anilines is 1. The highest BCUT2D eigenvalue weighted by Crippen LogP contribution is 2.23. The molecular weight excluding hydrogens is 206 g/mol. The van der Waals surface area contributed by atoms with Crippen LogP contribution in [0, 0.1) is 0 Å². The van der Waals surface area contributed by atoms with E-state index in [4.69, 9.17) is 4.74 Å². The van der Waals surface area contributed by atoms with E-state index in [1.807, 2.05) is 12.1 Å². The molecule has 0 bridgehead atoms. The minimum atomic E-state index is 0.218. The first-order valence-corrected chi connectivity index (χ1v) is 4.88. The molecule has 1 aromatic heterocycles. The Morgan fingerprint density at radius 3 is 3.00 bits per heavy atom. The van der Waals surface area contributed by atoms with E-state index in [1.165, 1.54) is 0 Å². The Bertz CT molecular complexity index is 454. The summed E-state index contributed by atoms with van der Waals surface area (Å²) in [5.41, 5.74) is 1.69. The number of ether oxygens (including phenoxy) is 1. The predicted octanol–water partition coefficient (Wildman–Crippen LogP) is 1.74. The van der Waals surface area contributed by atoms with Gasteiger partial charge in [-0.05, 0) is 12.1 Å². The predicted molar refractivity (Wildman–Crippen MR) is 60.6 cm³/mol. The van der Waals surface area contributed by atoms with Gasteiger partial charge in [-0.3, -0.25) is 5.10 Å². The van der Waals surface area contributed by atoms with Gasteiger partial charge in [-0.2, -0.15) is 5.10 Å². The van der Waals surface area contributed by atoms with Crippen molar-refractivity contribution in [2.24, 2.45) is 0 Å². The Balaban J connectivity index is 2.04. The molecule has 0 unspecified atom stereocenters. The number of phenolic OH excluding ortho intramolecular Hbond substituents is 1. The molecule has 5 nitrogen and oxygen atoms in total. The highest BCUT2D eigenvalue weighted by atomic mass is 16.5. The minimum absolute atomic E-state index is 0.218. The van der Waals surface area contributed by atoms with Crippen LogP contribution in [0.4, 0.5) is 5.69 Å². The largest absolute Gasteiger partial charge is 0.507 e. The van der Waals surface area contributed by atoms with Gasteiger partial charge in [0.25, 0.3) is 0 Å². The topological polar surface area (TPSA) is 70.2 Å². The van der Waals surface area contributed by atoms with Gasteiger partial charge >= 0.3 is 0 Å². The Hall–Kier alpha value is -2.17. The van der Waals surface area contributed by atoms with Gasteiger partial charge in [-0.25, -0.2) is 0 Å². The van der Waals surface area contributed by atoms with Crippen molar-refractivity contribution in [3.8, 4) is 11.5 Å². The average molecular weight is 219 g/mol. The molecule has 2 rings (SSSR count). The van der Waals surface area contributed by atoms with E-state index in [0.29, 0.717) is 12.3 Å². The third-order valence-corrected chi connectivity index (χ3v) is 2.27. The molecule has 0 spiro atoms. The van der Waals surface area contributed by atoms with Crippen LogP contribution in [0.25, 0.3) is 0 Å². The minimum Gasteiger partial charge on any atom is -0.507 e. The van der Waals surface area contributed by atoms with Gasteiger partial charge in [0.1, 0.15) is 11.5 Å². The molecule has 0 atom stereocenters. The third kappa shape index (κ3) is 2.25. The number of aromatic nitrogens is 2. The number of rotatable bonds is 4. The van der Waals surface area contributed by atoms with E-state index in [0.717, 1.165) is 11.3 Å². The van der Waals surface area contributed by atoms with Crippen LogP contribution in [0.5, 0.6) is 11.5 Å². The van der Waals surface area contributed by atoms with Crippen molar-refractivity contribution in [1.29, 1.82) is 0 Å². The molecule has 0 saturated carbocycles. The Morgan fingerprint density at radius 1 is 1.50 bits per heavy atom. The number of H-pyrrole nitrogens is 1. The standard InChI is InChI=1S/C11H13N3O2/c1-16-10-3-2-8(11(15)4-10)5-12-9-6-13-14-7-9/h2-4,6-7,12,15H,5H2,1H3,(H,13,14). The van der Waals surface area contributed by atoms with E-state index in [9.17, 15) is 5.11 Å². The van der Waals surface area contributed by atoms with Crippen molar-refractivity contribution < 1.29 is 9.84 Å². The third-order valence-electron chi connectivity index (χ3n) is 2.27. The van der Waals surface area contributed by atoms with Crippen LogP contribution >= 0.6 is 0 Å². The summed E-state index contributed by atoms with van der Waals surface area (Å²) in [4.78, 5) is 0. The molecule has 2 aromatic rings. The fraction of sp³-hybridized carbons (Fsp3) is 0.182. The van der Waals surface area contributed by atoms with Gasteiger partial charge in [0.15, 0.2) is 0 Å². The number of methoxy groups -OCH3 is 1. The van der Waals surface area contributed by atoms with E-state index < -0.39 is 0 Å². The van der Waals surface area contributed by atoms with Crippen LogP contribution in [-0.4, -0.2) is 22.4 Å². The molecule has 0 amide bonds. The van der Waals surface area contributed by atoms with Crippen LogP contribution in [0.2, 0.25) is 0 Å². The SMILES string of the molecule is COc1ccc(CNc2cn[nH]c2)c(O)c1. The Labute approximate surface area is 93.1 Å². The van der Waals surface area contributed by atoms with Crippen LogP contribution in [0.15, 0.2) is 30.6 Å². The second kappa shape index (κ2) is 4.57. The molecule has 0 aliphatic carbocycles. The molecular formula is C11H13N3O2. The summed E-state index contributed by atoms with van der Waals surface area (Å²) >= 11 is 0. The maximum Gasteiger partial charge on any atom is 0.124 e. The molecule has 1 heterocycles. The fourth-order valence-electron chi connectivity index (χ4n) is 1.36. The molecule has 84 valence electrons. The Kier molecular flexibility index (Phi) is 2.95. The zero-order chi connectivity index (χ0) is 11.4. The molecule has 0 fully saturated rings. The van der Waals surface area contributed by atoms with Crippen molar-refractivity contribution in [1.82, 2.24) is 10.2 Å². The monoisotopic (exact) mass is 219 g/mol. The van der Waals surface area contributed by atoms with Crippen molar-refractivity contribution in [2.75, 3.05) is 12.4 Å². The quantitative estimate of drug-likeness (QED) is 0.732. The van der Waals surface area contributed by atoms with Crippen molar-refractivity contribution in [3.63, 3.8) is 0 Å². The van der Waals surface area contributed by atoms with Gasteiger partial charge in [0, 0.05) is 24.4 Å². The van der Waals surface area contributed by atoms with E-state index in [2.05, 4.69) is 15.5 Å². The first-order chi connectivity index (χ1) is 7.79. The number of nitrogens with one attached hydrogen (secondary N) is 2. The van der Waals surface area contributed by atoms with Gasteiger partial charge < -0.3 is 15.2 Å². The summed E-state index contributed by atoms with van der Waals surface area (Å²) < 4.78 is 5.00. The van der Waals surface area contributed by atoms with E-state index in [1.54, 1.807) is 25.6 Å². The van der Waals surface area contributed by atoms with Gasteiger partial charge in [-0.15, -0.1) is 0 Å². The van der Waals surface area contributed by atoms with Crippen molar-refractivity contribution in [2.45, 2.75) is 6.54 Å². The smallest absolute Gasteiger partial charge is 0.124 e. The molecule has 16 heavy (non-hydrogen) atoms. The average Bonchev–Trinajstić information content (AvgIpc) is 2.80. The van der Waals surface area contributed by atoms with E-state index >= 15 is 0 Å². The molecule has 1 aromatic carbocycles. The number of nitrogens with zero attached hydrogens (tertiary/aromatic N) is 1. The lowest BCUT2D eigenvalue weighted by atomic mass is 10.2. The second-order valence-electron chi connectivity index (χ2n) is 3.34. The van der Waals surface area contributed by atoms with Crippen LogP contribution in [0.3, 0.4) is 0 Å². The lowest BCUT2D eigenvalue weighted by Crippen LogP contribution is -1.98. The second-order valence-corrected chi connectivity index (χ2v) is 3.34. The summed E-state index contributed by atoms with van der Waals surface area (Å²) in [6.07, 6.45) is 3.43.